The molecule has 0 atom stereocenters. The van der Waals surface area contributed by atoms with E-state index in [1.807, 2.05) is 16.7 Å². The molecule has 11 heteroatoms. The molecule has 0 aromatic carbocycles. The molecule has 10 nitrogen and oxygen atoms in total. The number of amides is 1. The van der Waals surface area contributed by atoms with E-state index in [2.05, 4.69) is 24.8 Å². The zero-order chi connectivity index (χ0) is 24.4. The number of piperidine rings is 2. The van der Waals surface area contributed by atoms with Gasteiger partial charge >= 0.3 is 0 Å². The largest absolute Gasteiger partial charge is 0.368 e. The molecule has 5 rings (SSSR count). The molecule has 2 fully saturated rings. The first-order valence-electron chi connectivity index (χ1n) is 12.0. The van der Waals surface area contributed by atoms with E-state index in [-0.39, 0.29) is 31.3 Å². The third-order valence-corrected chi connectivity index (χ3v) is 7.07. The molecule has 3 aromatic rings. The maximum absolute atomic E-state index is 15.7. The number of imidazole rings is 1. The lowest BCUT2D eigenvalue weighted by Crippen LogP contribution is -2.54. The van der Waals surface area contributed by atoms with E-state index in [0.29, 0.717) is 51.4 Å². The molecule has 2 saturated heterocycles. The highest BCUT2D eigenvalue weighted by molar-refractivity contribution is 5.85. The van der Waals surface area contributed by atoms with Crippen LogP contribution < -0.4 is 5.73 Å². The number of fused-ring (bicyclic) bond motifs is 1. The molecule has 2 N–H and O–H groups in total. The van der Waals surface area contributed by atoms with Crippen LogP contribution in [0.25, 0.3) is 11.2 Å². The summed E-state index contributed by atoms with van der Waals surface area (Å²) in [6, 6.07) is 3.76. The van der Waals surface area contributed by atoms with Gasteiger partial charge in [-0.3, -0.25) is 9.69 Å². The van der Waals surface area contributed by atoms with Crippen molar-refractivity contribution in [3.8, 4) is 0 Å². The summed E-state index contributed by atoms with van der Waals surface area (Å²) in [5.41, 5.74) is 6.10. The Kier molecular flexibility index (Phi) is 6.42. The molecule has 0 bridgehead atoms. The molecule has 0 unspecified atom stereocenters. The van der Waals surface area contributed by atoms with Crippen LogP contribution in [0.15, 0.2) is 30.7 Å². The molecule has 2 aliphatic heterocycles. The molecule has 0 radical (unpaired) electrons. The number of nitrogens with zero attached hydrogens (tertiary/aromatic N) is 7. The maximum Gasteiger partial charge on any atom is 0.260 e. The fourth-order valence-corrected chi connectivity index (χ4v) is 5.17. The quantitative estimate of drug-likeness (QED) is 0.529. The minimum Gasteiger partial charge on any atom is -0.368 e. The number of nitrogens with two attached hydrogens (primary N) is 1. The van der Waals surface area contributed by atoms with Crippen LogP contribution in [0.4, 0.5) is 10.3 Å². The Morgan fingerprint density at radius 1 is 1.14 bits per heavy atom. The van der Waals surface area contributed by atoms with Gasteiger partial charge in [0.2, 0.25) is 5.95 Å². The first-order chi connectivity index (χ1) is 17.0. The van der Waals surface area contributed by atoms with Crippen LogP contribution in [0.2, 0.25) is 0 Å². The van der Waals surface area contributed by atoms with Crippen molar-refractivity contribution in [1.29, 1.82) is 0 Å². The van der Waals surface area contributed by atoms with Crippen molar-refractivity contribution < 1.29 is 14.0 Å². The number of anilines is 1. The molecule has 35 heavy (non-hydrogen) atoms. The van der Waals surface area contributed by atoms with E-state index in [9.17, 15) is 9.59 Å². The Bertz CT molecular complexity index is 1200. The number of carbonyl (C=O) groups excluding carboxylic acids is 2. The van der Waals surface area contributed by atoms with Gasteiger partial charge in [0.15, 0.2) is 11.3 Å². The van der Waals surface area contributed by atoms with Gasteiger partial charge < -0.3 is 20.0 Å². The van der Waals surface area contributed by atoms with Crippen LogP contribution in [-0.2, 0) is 22.6 Å². The molecule has 184 valence electrons. The second-order valence-corrected chi connectivity index (χ2v) is 9.33. The fourth-order valence-electron chi connectivity index (χ4n) is 5.17. The van der Waals surface area contributed by atoms with Crippen molar-refractivity contribution in [1.82, 2.24) is 34.3 Å². The number of rotatable bonds is 6. The van der Waals surface area contributed by atoms with Gasteiger partial charge in [-0.05, 0) is 25.0 Å². The average molecular weight is 481 g/mol. The fraction of sp³-hybridized carbons (Fsp3) is 0.500. The summed E-state index contributed by atoms with van der Waals surface area (Å²) < 4.78 is 17.8. The highest BCUT2D eigenvalue weighted by Crippen LogP contribution is 2.33. The van der Waals surface area contributed by atoms with Gasteiger partial charge in [0, 0.05) is 75.8 Å². The lowest BCUT2D eigenvalue weighted by molar-refractivity contribution is -0.148. The van der Waals surface area contributed by atoms with Crippen molar-refractivity contribution in [3.63, 3.8) is 0 Å². The number of aromatic nitrogens is 5. The monoisotopic (exact) mass is 480 g/mol. The summed E-state index contributed by atoms with van der Waals surface area (Å²) in [5.74, 6) is 0.495. The third kappa shape index (κ3) is 4.72. The standard InChI is InChI=1S/C24H29FN8O2/c25-24(6-11-31(12-7-24)16-17-14-28-23(26)29-15-17)22(35)32-9-3-18(4-10-32)33-20(5-13-34)30-19-2-1-8-27-21(19)33/h1-2,8,13-15,18H,3-7,9-12,16H2,(H2,26,28,29). The van der Waals surface area contributed by atoms with Gasteiger partial charge in [0.1, 0.15) is 17.6 Å². The predicted molar refractivity (Wildman–Crippen MR) is 127 cm³/mol. The van der Waals surface area contributed by atoms with E-state index in [1.165, 1.54) is 0 Å². The number of carbonyl (C=O) groups is 2. The van der Waals surface area contributed by atoms with Gasteiger partial charge in [-0.25, -0.2) is 24.3 Å². The Morgan fingerprint density at radius 2 is 1.86 bits per heavy atom. The lowest BCUT2D eigenvalue weighted by atomic mass is 9.90. The second kappa shape index (κ2) is 9.65. The molecule has 0 aliphatic carbocycles. The summed E-state index contributed by atoms with van der Waals surface area (Å²) in [7, 11) is 0. The van der Waals surface area contributed by atoms with Crippen LogP contribution in [0.3, 0.4) is 0 Å². The number of likely N-dealkylation sites (tertiary alicyclic amines) is 2. The number of hydrogen-bond donors (Lipinski definition) is 1. The van der Waals surface area contributed by atoms with E-state index in [0.717, 1.165) is 23.0 Å². The van der Waals surface area contributed by atoms with Crippen LogP contribution in [0.1, 0.15) is 43.1 Å². The number of halogens is 1. The zero-order valence-electron chi connectivity index (χ0n) is 19.5. The van der Waals surface area contributed by atoms with Crippen molar-refractivity contribution in [3.05, 3.63) is 42.1 Å². The van der Waals surface area contributed by atoms with Crippen molar-refractivity contribution in [2.24, 2.45) is 0 Å². The van der Waals surface area contributed by atoms with Crippen molar-refractivity contribution >= 4 is 29.3 Å². The van der Waals surface area contributed by atoms with Gasteiger partial charge in [0.05, 0.1) is 6.42 Å². The summed E-state index contributed by atoms with van der Waals surface area (Å²) in [6.45, 7) is 2.52. The SMILES string of the molecule is Nc1ncc(CN2CCC(F)(C(=O)N3CCC(n4c(CC=O)nc5cccnc54)CC3)CC2)cn1. The van der Waals surface area contributed by atoms with Crippen molar-refractivity contribution in [2.45, 2.75) is 50.4 Å². The van der Waals surface area contributed by atoms with Crippen LogP contribution >= 0.6 is 0 Å². The maximum atomic E-state index is 15.7. The third-order valence-electron chi connectivity index (χ3n) is 7.07. The predicted octanol–water partition coefficient (Wildman–Crippen LogP) is 1.71. The van der Waals surface area contributed by atoms with Gasteiger partial charge in [-0.15, -0.1) is 0 Å². The number of alkyl halides is 1. The molecule has 3 aromatic heterocycles. The summed E-state index contributed by atoms with van der Waals surface area (Å²) in [6.07, 6.45) is 7.78. The molecule has 0 saturated carbocycles. The molecule has 1 amide bonds. The molecule has 2 aliphatic rings. The topological polar surface area (TPSA) is 123 Å². The first-order valence-corrected chi connectivity index (χ1v) is 12.0. The average Bonchev–Trinajstić information content (AvgIpc) is 3.25. The van der Waals surface area contributed by atoms with Crippen LogP contribution in [0.5, 0.6) is 0 Å². The zero-order valence-corrected chi connectivity index (χ0v) is 19.5. The van der Waals surface area contributed by atoms with E-state index >= 15 is 4.39 Å². The number of hydrogen-bond acceptors (Lipinski definition) is 8. The second-order valence-electron chi connectivity index (χ2n) is 9.33. The van der Waals surface area contributed by atoms with E-state index in [4.69, 9.17) is 5.73 Å². The Hall–Kier alpha value is -3.47. The number of nitrogen functional groups attached to an aromatic ring is 1. The molecular formula is C24H29FN8O2. The molecule has 0 spiro atoms. The highest BCUT2D eigenvalue weighted by atomic mass is 19.1. The van der Waals surface area contributed by atoms with E-state index in [1.54, 1.807) is 23.5 Å². The minimum atomic E-state index is -1.84. The summed E-state index contributed by atoms with van der Waals surface area (Å²) in [4.78, 5) is 45.2. The smallest absolute Gasteiger partial charge is 0.260 e. The van der Waals surface area contributed by atoms with Gasteiger partial charge in [0.25, 0.3) is 5.91 Å². The normalized spacial score (nSPS) is 19.2. The summed E-state index contributed by atoms with van der Waals surface area (Å²) >= 11 is 0. The molecule has 5 heterocycles. The van der Waals surface area contributed by atoms with Crippen LogP contribution in [-0.4, -0.2) is 78.3 Å². The van der Waals surface area contributed by atoms with Gasteiger partial charge in [-0.1, -0.05) is 0 Å². The Morgan fingerprint density at radius 3 is 2.54 bits per heavy atom. The van der Waals surface area contributed by atoms with Crippen LogP contribution in [0, 0.1) is 0 Å². The Labute approximate surface area is 202 Å². The highest BCUT2D eigenvalue weighted by Gasteiger charge is 2.45. The number of pyridine rings is 1. The van der Waals surface area contributed by atoms with Gasteiger partial charge in [-0.2, -0.15) is 0 Å². The lowest BCUT2D eigenvalue weighted by Gasteiger charge is -2.40. The summed E-state index contributed by atoms with van der Waals surface area (Å²) in [5, 5.41) is 0. The number of aldehydes is 1. The first kappa shape index (κ1) is 23.3. The Balaban J connectivity index is 1.20. The minimum absolute atomic E-state index is 0.0634. The van der Waals surface area contributed by atoms with Crippen molar-refractivity contribution in [2.75, 3.05) is 31.9 Å². The molecular weight excluding hydrogens is 451 g/mol. The van der Waals surface area contributed by atoms with E-state index < -0.39 is 11.6 Å².